The predicted molar refractivity (Wildman–Crippen MR) is 59.4 cm³/mol. The summed E-state index contributed by atoms with van der Waals surface area (Å²) in [6.45, 7) is 5.24. The van der Waals surface area contributed by atoms with E-state index in [1.807, 2.05) is 19.9 Å². The van der Waals surface area contributed by atoms with Crippen LogP contribution in [-0.2, 0) is 0 Å². The van der Waals surface area contributed by atoms with E-state index in [-0.39, 0.29) is 17.5 Å². The largest absolute Gasteiger partial charge is 0.293 e. The van der Waals surface area contributed by atoms with Crippen LogP contribution in [0.15, 0.2) is 18.2 Å². The number of hydrogen-bond acceptors (Lipinski definition) is 2. The minimum Gasteiger partial charge on any atom is -0.293 e. The van der Waals surface area contributed by atoms with Gasteiger partial charge in [0.05, 0.1) is 6.07 Å². The van der Waals surface area contributed by atoms with Gasteiger partial charge in [-0.3, -0.25) is 4.79 Å². The minimum absolute atomic E-state index is 0.0390. The maximum Gasteiger partial charge on any atom is 0.180 e. The van der Waals surface area contributed by atoms with Crippen molar-refractivity contribution in [3.05, 3.63) is 35.1 Å². The number of halogens is 1. The molecule has 1 rings (SSSR count). The van der Waals surface area contributed by atoms with Crippen LogP contribution in [-0.4, -0.2) is 5.78 Å². The van der Waals surface area contributed by atoms with E-state index in [4.69, 9.17) is 5.26 Å². The topological polar surface area (TPSA) is 40.9 Å². The molecule has 0 saturated carbocycles. The molecule has 1 atom stereocenters. The normalized spacial score (nSPS) is 12.2. The van der Waals surface area contributed by atoms with Crippen molar-refractivity contribution in [2.45, 2.75) is 20.8 Å². The molecule has 2 nitrogen and oxygen atoms in total. The zero-order chi connectivity index (χ0) is 12.3. The Kier molecular flexibility index (Phi) is 3.78. The van der Waals surface area contributed by atoms with Crippen LogP contribution in [0.2, 0.25) is 0 Å². The zero-order valence-corrected chi connectivity index (χ0v) is 9.62. The first-order valence-electron chi connectivity index (χ1n) is 5.17. The molecule has 0 saturated heterocycles. The number of Topliss-reactive ketones (excluding diaryl/α,β-unsaturated/α-hetero) is 1. The van der Waals surface area contributed by atoms with E-state index in [0.29, 0.717) is 11.1 Å². The third-order valence-corrected chi connectivity index (χ3v) is 2.53. The fourth-order valence-corrected chi connectivity index (χ4v) is 1.49. The van der Waals surface area contributed by atoms with E-state index in [1.54, 1.807) is 6.92 Å². The van der Waals surface area contributed by atoms with Crippen molar-refractivity contribution in [2.75, 3.05) is 0 Å². The van der Waals surface area contributed by atoms with Crippen LogP contribution < -0.4 is 0 Å². The molecule has 0 N–H and O–H groups in total. The minimum atomic E-state index is -0.662. The van der Waals surface area contributed by atoms with Gasteiger partial charge in [0, 0.05) is 5.56 Å². The molecular formula is C13H14FNO. The molecule has 0 heterocycles. The van der Waals surface area contributed by atoms with Gasteiger partial charge in [0.1, 0.15) is 11.7 Å². The number of benzene rings is 1. The monoisotopic (exact) mass is 219 g/mol. The fourth-order valence-electron chi connectivity index (χ4n) is 1.49. The van der Waals surface area contributed by atoms with Crippen molar-refractivity contribution < 1.29 is 9.18 Å². The molecule has 0 radical (unpaired) electrons. The summed E-state index contributed by atoms with van der Waals surface area (Å²) in [7, 11) is 0. The number of carbonyl (C=O) groups is 1. The fraction of sp³-hybridized carbons (Fsp3) is 0.385. The third-order valence-electron chi connectivity index (χ3n) is 2.53. The van der Waals surface area contributed by atoms with Gasteiger partial charge >= 0.3 is 0 Å². The van der Waals surface area contributed by atoms with Crippen LogP contribution in [0.5, 0.6) is 0 Å². The zero-order valence-electron chi connectivity index (χ0n) is 9.62. The number of nitriles is 1. The lowest BCUT2D eigenvalue weighted by Gasteiger charge is -2.12. The van der Waals surface area contributed by atoms with Gasteiger partial charge in [-0.1, -0.05) is 13.8 Å². The molecule has 0 bridgehead atoms. The molecule has 0 aliphatic rings. The van der Waals surface area contributed by atoms with Crippen molar-refractivity contribution in [3.8, 4) is 6.07 Å². The lowest BCUT2D eigenvalue weighted by molar-refractivity contribution is 0.0924. The SMILES string of the molecule is Cc1cc(C(=O)C(C#N)C(C)C)ccc1F. The van der Waals surface area contributed by atoms with Gasteiger partial charge in [0.2, 0.25) is 0 Å². The quantitative estimate of drug-likeness (QED) is 0.733. The molecule has 0 aliphatic heterocycles. The molecule has 0 amide bonds. The van der Waals surface area contributed by atoms with E-state index < -0.39 is 5.92 Å². The van der Waals surface area contributed by atoms with E-state index >= 15 is 0 Å². The Morgan fingerprint density at radius 1 is 1.44 bits per heavy atom. The second kappa shape index (κ2) is 4.89. The van der Waals surface area contributed by atoms with Gasteiger partial charge in [-0.15, -0.1) is 0 Å². The summed E-state index contributed by atoms with van der Waals surface area (Å²) in [5.41, 5.74) is 0.824. The molecule has 84 valence electrons. The highest BCUT2D eigenvalue weighted by Gasteiger charge is 2.23. The van der Waals surface area contributed by atoms with Gasteiger partial charge < -0.3 is 0 Å². The Morgan fingerprint density at radius 2 is 2.06 bits per heavy atom. The molecule has 1 unspecified atom stereocenters. The molecule has 0 aromatic heterocycles. The second-order valence-electron chi connectivity index (χ2n) is 4.18. The molecule has 1 aromatic carbocycles. The van der Waals surface area contributed by atoms with Crippen LogP contribution in [0, 0.1) is 35.9 Å². The van der Waals surface area contributed by atoms with E-state index in [1.165, 1.54) is 18.2 Å². The maximum absolute atomic E-state index is 13.0. The molecule has 0 fully saturated rings. The number of aryl methyl sites for hydroxylation is 1. The van der Waals surface area contributed by atoms with Gasteiger partial charge in [-0.25, -0.2) is 4.39 Å². The van der Waals surface area contributed by atoms with Gasteiger partial charge in [-0.2, -0.15) is 5.26 Å². The summed E-state index contributed by atoms with van der Waals surface area (Å²) in [5.74, 6) is -1.28. The summed E-state index contributed by atoms with van der Waals surface area (Å²) in [4.78, 5) is 11.9. The average molecular weight is 219 g/mol. The smallest absolute Gasteiger partial charge is 0.180 e. The molecule has 3 heteroatoms. The van der Waals surface area contributed by atoms with E-state index in [2.05, 4.69) is 0 Å². The predicted octanol–water partition coefficient (Wildman–Crippen LogP) is 3.11. The van der Waals surface area contributed by atoms with Crippen molar-refractivity contribution in [1.82, 2.24) is 0 Å². The third kappa shape index (κ3) is 2.46. The van der Waals surface area contributed by atoms with Crippen molar-refractivity contribution >= 4 is 5.78 Å². The Labute approximate surface area is 94.7 Å². The summed E-state index contributed by atoms with van der Waals surface area (Å²) >= 11 is 0. The molecule has 0 spiro atoms. The van der Waals surface area contributed by atoms with Crippen LogP contribution in [0.4, 0.5) is 4.39 Å². The average Bonchev–Trinajstić information content (AvgIpc) is 2.22. The highest BCUT2D eigenvalue weighted by molar-refractivity contribution is 5.99. The van der Waals surface area contributed by atoms with Gasteiger partial charge in [0.15, 0.2) is 5.78 Å². The standard InChI is InChI=1S/C13H14FNO/c1-8(2)11(7-15)13(16)10-4-5-12(14)9(3)6-10/h4-6,8,11H,1-3H3. The molecule has 16 heavy (non-hydrogen) atoms. The summed E-state index contributed by atoms with van der Waals surface area (Å²) in [6, 6.07) is 6.17. The highest BCUT2D eigenvalue weighted by atomic mass is 19.1. The lowest BCUT2D eigenvalue weighted by Crippen LogP contribution is -2.18. The number of nitrogens with zero attached hydrogens (tertiary/aromatic N) is 1. The molecule has 1 aromatic rings. The van der Waals surface area contributed by atoms with Crippen LogP contribution in [0.1, 0.15) is 29.8 Å². The van der Waals surface area contributed by atoms with Crippen LogP contribution in [0.3, 0.4) is 0 Å². The molecular weight excluding hydrogens is 205 g/mol. The number of hydrogen-bond donors (Lipinski definition) is 0. The van der Waals surface area contributed by atoms with Crippen molar-refractivity contribution in [3.63, 3.8) is 0 Å². The van der Waals surface area contributed by atoms with E-state index in [9.17, 15) is 9.18 Å². The number of carbonyl (C=O) groups excluding carboxylic acids is 1. The number of rotatable bonds is 3. The second-order valence-corrected chi connectivity index (χ2v) is 4.18. The first kappa shape index (κ1) is 12.4. The van der Waals surface area contributed by atoms with Crippen molar-refractivity contribution in [1.29, 1.82) is 5.26 Å². The Morgan fingerprint density at radius 3 is 2.50 bits per heavy atom. The van der Waals surface area contributed by atoms with Crippen LogP contribution in [0.25, 0.3) is 0 Å². The van der Waals surface area contributed by atoms with Gasteiger partial charge in [0.25, 0.3) is 0 Å². The van der Waals surface area contributed by atoms with Crippen molar-refractivity contribution in [2.24, 2.45) is 11.8 Å². The highest BCUT2D eigenvalue weighted by Crippen LogP contribution is 2.18. The first-order valence-corrected chi connectivity index (χ1v) is 5.17. The Balaban J connectivity index is 3.06. The Hall–Kier alpha value is -1.69. The summed E-state index contributed by atoms with van der Waals surface area (Å²) in [6.07, 6.45) is 0. The van der Waals surface area contributed by atoms with Gasteiger partial charge in [-0.05, 0) is 36.6 Å². The summed E-state index contributed by atoms with van der Waals surface area (Å²) in [5, 5.41) is 8.91. The first-order chi connectivity index (χ1) is 7.47. The van der Waals surface area contributed by atoms with Crippen LogP contribution >= 0.6 is 0 Å². The molecule has 0 aliphatic carbocycles. The lowest BCUT2D eigenvalue weighted by atomic mass is 9.89. The number of ketones is 1. The maximum atomic E-state index is 13.0. The van der Waals surface area contributed by atoms with E-state index in [0.717, 1.165) is 0 Å². The Bertz CT molecular complexity index is 446. The summed E-state index contributed by atoms with van der Waals surface area (Å²) < 4.78 is 13.0.